The SMILES string of the molecule is CC(C)NCc1ccccc1CN(C)CC1CCOCC1. The fourth-order valence-electron chi connectivity index (χ4n) is 2.92. The highest BCUT2D eigenvalue weighted by molar-refractivity contribution is 5.27. The number of rotatable bonds is 7. The Bertz CT molecular complexity index is 413. The summed E-state index contributed by atoms with van der Waals surface area (Å²) in [6.07, 6.45) is 2.42. The summed E-state index contributed by atoms with van der Waals surface area (Å²) in [7, 11) is 2.24. The predicted molar refractivity (Wildman–Crippen MR) is 88.3 cm³/mol. The third-order valence-corrected chi connectivity index (χ3v) is 4.17. The first-order valence-corrected chi connectivity index (χ1v) is 8.21. The van der Waals surface area contributed by atoms with Crippen LogP contribution in [0.3, 0.4) is 0 Å². The zero-order valence-corrected chi connectivity index (χ0v) is 13.8. The van der Waals surface area contributed by atoms with Gasteiger partial charge in [-0.15, -0.1) is 0 Å². The van der Waals surface area contributed by atoms with Gasteiger partial charge in [-0.3, -0.25) is 0 Å². The van der Waals surface area contributed by atoms with E-state index in [4.69, 9.17) is 4.74 Å². The molecule has 3 nitrogen and oxygen atoms in total. The molecule has 0 aliphatic carbocycles. The number of nitrogens with one attached hydrogen (secondary N) is 1. The van der Waals surface area contributed by atoms with Crippen molar-refractivity contribution in [1.29, 1.82) is 0 Å². The van der Waals surface area contributed by atoms with Crippen molar-refractivity contribution in [3.63, 3.8) is 0 Å². The normalized spacial score (nSPS) is 16.8. The van der Waals surface area contributed by atoms with E-state index in [1.165, 1.54) is 30.5 Å². The van der Waals surface area contributed by atoms with E-state index in [1.807, 2.05) is 0 Å². The highest BCUT2D eigenvalue weighted by Gasteiger charge is 2.16. The first kappa shape index (κ1) is 16.5. The summed E-state index contributed by atoms with van der Waals surface area (Å²) in [5, 5.41) is 3.52. The molecule has 0 bridgehead atoms. The smallest absolute Gasteiger partial charge is 0.0469 e. The standard InChI is InChI=1S/C18H30N2O/c1-15(2)19-12-17-6-4-5-7-18(17)14-20(3)13-16-8-10-21-11-9-16/h4-7,15-16,19H,8-14H2,1-3H3. The minimum absolute atomic E-state index is 0.526. The van der Waals surface area contributed by atoms with Gasteiger partial charge in [0.05, 0.1) is 0 Å². The van der Waals surface area contributed by atoms with Gasteiger partial charge in [0.15, 0.2) is 0 Å². The van der Waals surface area contributed by atoms with E-state index in [-0.39, 0.29) is 0 Å². The van der Waals surface area contributed by atoms with Crippen molar-refractivity contribution in [2.45, 2.75) is 45.8 Å². The van der Waals surface area contributed by atoms with Gasteiger partial charge >= 0.3 is 0 Å². The van der Waals surface area contributed by atoms with Gasteiger partial charge in [-0.05, 0) is 36.9 Å². The van der Waals surface area contributed by atoms with E-state index in [0.29, 0.717) is 6.04 Å². The second kappa shape index (κ2) is 8.52. The third kappa shape index (κ3) is 5.77. The van der Waals surface area contributed by atoms with Crippen LogP contribution in [-0.4, -0.2) is 37.7 Å². The van der Waals surface area contributed by atoms with Gasteiger partial charge in [-0.25, -0.2) is 0 Å². The van der Waals surface area contributed by atoms with Crippen molar-refractivity contribution in [3.8, 4) is 0 Å². The summed E-state index contributed by atoms with van der Waals surface area (Å²) in [6, 6.07) is 9.32. The zero-order chi connectivity index (χ0) is 15.1. The summed E-state index contributed by atoms with van der Waals surface area (Å²) in [5.74, 6) is 0.796. The molecule has 0 saturated carbocycles. The topological polar surface area (TPSA) is 24.5 Å². The molecule has 1 aliphatic heterocycles. The molecule has 0 unspecified atom stereocenters. The molecule has 0 radical (unpaired) electrons. The van der Waals surface area contributed by atoms with Crippen LogP contribution in [0, 0.1) is 5.92 Å². The van der Waals surface area contributed by atoms with Gasteiger partial charge in [0, 0.05) is 38.9 Å². The van der Waals surface area contributed by atoms with Crippen molar-refractivity contribution in [3.05, 3.63) is 35.4 Å². The van der Waals surface area contributed by atoms with Gasteiger partial charge in [-0.2, -0.15) is 0 Å². The molecule has 1 aromatic carbocycles. The van der Waals surface area contributed by atoms with Gasteiger partial charge in [0.1, 0.15) is 0 Å². The molecule has 1 aromatic rings. The summed E-state index contributed by atoms with van der Waals surface area (Å²) in [4.78, 5) is 2.46. The minimum atomic E-state index is 0.526. The minimum Gasteiger partial charge on any atom is -0.381 e. The molecule has 0 spiro atoms. The molecular weight excluding hydrogens is 260 g/mol. The van der Waals surface area contributed by atoms with E-state index in [0.717, 1.165) is 32.2 Å². The molecule has 3 heteroatoms. The molecule has 0 amide bonds. The molecule has 1 fully saturated rings. The Hall–Kier alpha value is -0.900. The largest absolute Gasteiger partial charge is 0.381 e. The van der Waals surface area contributed by atoms with Gasteiger partial charge in [0.25, 0.3) is 0 Å². The van der Waals surface area contributed by atoms with E-state index < -0.39 is 0 Å². The molecule has 0 atom stereocenters. The lowest BCUT2D eigenvalue weighted by molar-refractivity contribution is 0.0549. The van der Waals surface area contributed by atoms with Crippen LogP contribution in [0.5, 0.6) is 0 Å². The van der Waals surface area contributed by atoms with Crippen LogP contribution in [0.1, 0.15) is 37.8 Å². The van der Waals surface area contributed by atoms with Crippen LogP contribution in [0.15, 0.2) is 24.3 Å². The second-order valence-corrected chi connectivity index (χ2v) is 6.56. The molecule has 1 saturated heterocycles. The molecule has 1 N–H and O–H groups in total. The number of benzene rings is 1. The lowest BCUT2D eigenvalue weighted by Crippen LogP contribution is -2.30. The maximum absolute atomic E-state index is 5.45. The van der Waals surface area contributed by atoms with Crippen molar-refractivity contribution in [2.75, 3.05) is 26.8 Å². The Morgan fingerprint density at radius 3 is 2.52 bits per heavy atom. The summed E-state index contributed by atoms with van der Waals surface area (Å²) >= 11 is 0. The average molecular weight is 290 g/mol. The first-order chi connectivity index (χ1) is 10.1. The highest BCUT2D eigenvalue weighted by atomic mass is 16.5. The van der Waals surface area contributed by atoms with Crippen molar-refractivity contribution < 1.29 is 4.74 Å². The van der Waals surface area contributed by atoms with Crippen molar-refractivity contribution >= 4 is 0 Å². The summed E-state index contributed by atoms with van der Waals surface area (Å²) in [5.41, 5.74) is 2.87. The fourth-order valence-corrected chi connectivity index (χ4v) is 2.92. The fraction of sp³-hybridized carbons (Fsp3) is 0.667. The molecule has 0 aromatic heterocycles. The number of hydrogen-bond donors (Lipinski definition) is 1. The Morgan fingerprint density at radius 1 is 1.19 bits per heavy atom. The Labute approximate surface area is 129 Å². The van der Waals surface area contributed by atoms with Crippen LogP contribution in [0.4, 0.5) is 0 Å². The molecular formula is C18H30N2O. The molecule has 1 heterocycles. The first-order valence-electron chi connectivity index (χ1n) is 8.21. The average Bonchev–Trinajstić information content (AvgIpc) is 2.47. The van der Waals surface area contributed by atoms with Crippen LogP contribution in [-0.2, 0) is 17.8 Å². The highest BCUT2D eigenvalue weighted by Crippen LogP contribution is 2.18. The monoisotopic (exact) mass is 290 g/mol. The van der Waals surface area contributed by atoms with Crippen LogP contribution >= 0.6 is 0 Å². The van der Waals surface area contributed by atoms with Crippen molar-refractivity contribution in [1.82, 2.24) is 10.2 Å². The predicted octanol–water partition coefficient (Wildman–Crippen LogP) is 3.04. The number of hydrogen-bond acceptors (Lipinski definition) is 3. The number of nitrogens with zero attached hydrogens (tertiary/aromatic N) is 1. The third-order valence-electron chi connectivity index (χ3n) is 4.17. The van der Waals surface area contributed by atoms with Crippen LogP contribution in [0.2, 0.25) is 0 Å². The Morgan fingerprint density at radius 2 is 1.86 bits per heavy atom. The maximum atomic E-state index is 5.45. The summed E-state index contributed by atoms with van der Waals surface area (Å²) < 4.78 is 5.45. The van der Waals surface area contributed by atoms with Gasteiger partial charge in [0.2, 0.25) is 0 Å². The van der Waals surface area contributed by atoms with Crippen LogP contribution in [0.25, 0.3) is 0 Å². The molecule has 118 valence electrons. The quantitative estimate of drug-likeness (QED) is 0.835. The van der Waals surface area contributed by atoms with Crippen molar-refractivity contribution in [2.24, 2.45) is 5.92 Å². The molecule has 1 aliphatic rings. The lowest BCUT2D eigenvalue weighted by Gasteiger charge is -2.27. The van der Waals surface area contributed by atoms with E-state index in [1.54, 1.807) is 0 Å². The Kier molecular flexibility index (Phi) is 6.68. The van der Waals surface area contributed by atoms with Gasteiger partial charge in [-0.1, -0.05) is 38.1 Å². The Balaban J connectivity index is 1.88. The molecule has 2 rings (SSSR count). The second-order valence-electron chi connectivity index (χ2n) is 6.56. The maximum Gasteiger partial charge on any atom is 0.0469 e. The lowest BCUT2D eigenvalue weighted by atomic mass is 9.99. The van der Waals surface area contributed by atoms with E-state index in [2.05, 4.69) is 55.4 Å². The summed E-state index contributed by atoms with van der Waals surface area (Å²) in [6.45, 7) is 9.43. The van der Waals surface area contributed by atoms with Crippen LogP contribution < -0.4 is 5.32 Å². The zero-order valence-electron chi connectivity index (χ0n) is 13.8. The number of ether oxygens (including phenoxy) is 1. The van der Waals surface area contributed by atoms with E-state index >= 15 is 0 Å². The van der Waals surface area contributed by atoms with E-state index in [9.17, 15) is 0 Å². The van der Waals surface area contributed by atoms with Gasteiger partial charge < -0.3 is 15.0 Å². The molecule has 21 heavy (non-hydrogen) atoms.